The third-order valence-electron chi connectivity index (χ3n) is 4.22. The molecule has 0 fully saturated rings. The summed E-state index contributed by atoms with van der Waals surface area (Å²) in [6, 6.07) is 14.3. The van der Waals surface area contributed by atoms with Crippen LogP contribution in [0.15, 0.2) is 48.5 Å². The second-order valence-corrected chi connectivity index (χ2v) is 7.07. The summed E-state index contributed by atoms with van der Waals surface area (Å²) in [4.78, 5) is 23.3. The standard InChI is InChI=1S/C20H22ClNO3/c1-20(2,15-8-10-16(21)11-9-15)13-22-18(23)12-7-14-5-3-4-6-17(14)19(24)25/h3-6,8-11H,7,12-13H2,1-2H3,(H,22,23)(H,24,25). The van der Waals surface area contributed by atoms with Crippen LogP contribution in [0.1, 0.15) is 41.8 Å². The van der Waals surface area contributed by atoms with E-state index in [4.69, 9.17) is 11.6 Å². The molecule has 0 bridgehead atoms. The predicted molar refractivity (Wildman–Crippen MR) is 99.2 cm³/mol. The summed E-state index contributed by atoms with van der Waals surface area (Å²) in [6.45, 7) is 4.60. The summed E-state index contributed by atoms with van der Waals surface area (Å²) in [5.41, 5.74) is 1.78. The van der Waals surface area contributed by atoms with Gasteiger partial charge in [-0.3, -0.25) is 4.79 Å². The number of aryl methyl sites for hydroxylation is 1. The van der Waals surface area contributed by atoms with Crippen LogP contribution in [0, 0.1) is 0 Å². The first-order chi connectivity index (χ1) is 11.8. The van der Waals surface area contributed by atoms with Crippen molar-refractivity contribution in [3.8, 4) is 0 Å². The van der Waals surface area contributed by atoms with Crippen LogP contribution < -0.4 is 5.32 Å². The second-order valence-electron chi connectivity index (χ2n) is 6.63. The lowest BCUT2D eigenvalue weighted by molar-refractivity contribution is -0.121. The molecule has 0 aliphatic heterocycles. The summed E-state index contributed by atoms with van der Waals surface area (Å²) < 4.78 is 0. The Bertz CT molecular complexity index is 754. The summed E-state index contributed by atoms with van der Waals surface area (Å²) in [5.74, 6) is -1.07. The molecule has 0 heterocycles. The van der Waals surface area contributed by atoms with Crippen LogP contribution in [-0.4, -0.2) is 23.5 Å². The lowest BCUT2D eigenvalue weighted by Gasteiger charge is -2.25. The van der Waals surface area contributed by atoms with E-state index < -0.39 is 5.97 Å². The molecule has 2 aromatic rings. The van der Waals surface area contributed by atoms with Crippen LogP contribution in [0.25, 0.3) is 0 Å². The molecule has 2 aromatic carbocycles. The van der Waals surface area contributed by atoms with Crippen molar-refractivity contribution in [2.45, 2.75) is 32.1 Å². The number of carbonyl (C=O) groups excluding carboxylic acids is 1. The molecule has 0 atom stereocenters. The maximum absolute atomic E-state index is 12.1. The fourth-order valence-corrected chi connectivity index (χ4v) is 2.73. The third-order valence-corrected chi connectivity index (χ3v) is 4.47. The van der Waals surface area contributed by atoms with E-state index in [0.29, 0.717) is 23.6 Å². The Hall–Kier alpha value is -2.33. The van der Waals surface area contributed by atoms with Gasteiger partial charge in [-0.25, -0.2) is 4.79 Å². The number of benzene rings is 2. The van der Waals surface area contributed by atoms with Gasteiger partial charge in [0, 0.05) is 23.4 Å². The molecule has 1 amide bonds. The summed E-state index contributed by atoms with van der Waals surface area (Å²) in [7, 11) is 0. The monoisotopic (exact) mass is 359 g/mol. The molecule has 2 rings (SSSR count). The molecule has 0 spiro atoms. The fraction of sp³-hybridized carbons (Fsp3) is 0.300. The lowest BCUT2D eigenvalue weighted by Crippen LogP contribution is -2.36. The van der Waals surface area contributed by atoms with Crippen LogP contribution in [-0.2, 0) is 16.6 Å². The Labute approximate surface area is 152 Å². The normalized spacial score (nSPS) is 11.2. The molecule has 4 nitrogen and oxygen atoms in total. The molecule has 0 saturated carbocycles. The predicted octanol–water partition coefficient (Wildman–Crippen LogP) is 4.06. The molecule has 0 aliphatic rings. The van der Waals surface area contributed by atoms with Crippen molar-refractivity contribution in [1.29, 1.82) is 0 Å². The van der Waals surface area contributed by atoms with Gasteiger partial charge in [-0.2, -0.15) is 0 Å². The molecule has 2 N–H and O–H groups in total. The van der Waals surface area contributed by atoms with Crippen LogP contribution in [0.4, 0.5) is 0 Å². The highest BCUT2D eigenvalue weighted by Crippen LogP contribution is 2.24. The van der Waals surface area contributed by atoms with Gasteiger partial charge >= 0.3 is 5.97 Å². The minimum atomic E-state index is -0.972. The van der Waals surface area contributed by atoms with Gasteiger partial charge in [-0.05, 0) is 35.7 Å². The van der Waals surface area contributed by atoms with Crippen molar-refractivity contribution in [2.75, 3.05) is 6.54 Å². The number of hydrogen-bond donors (Lipinski definition) is 2. The van der Waals surface area contributed by atoms with Gasteiger partial charge in [0.1, 0.15) is 0 Å². The number of nitrogens with one attached hydrogen (secondary N) is 1. The van der Waals surface area contributed by atoms with E-state index >= 15 is 0 Å². The van der Waals surface area contributed by atoms with Crippen molar-refractivity contribution >= 4 is 23.5 Å². The Morgan fingerprint density at radius 1 is 1.08 bits per heavy atom. The van der Waals surface area contributed by atoms with E-state index in [9.17, 15) is 14.7 Å². The van der Waals surface area contributed by atoms with Crippen molar-refractivity contribution in [1.82, 2.24) is 5.32 Å². The molecule has 5 heteroatoms. The number of rotatable bonds is 7. The zero-order valence-corrected chi connectivity index (χ0v) is 15.1. The van der Waals surface area contributed by atoms with E-state index in [1.54, 1.807) is 24.3 Å². The van der Waals surface area contributed by atoms with Crippen LogP contribution >= 0.6 is 11.6 Å². The maximum atomic E-state index is 12.1. The molecule has 25 heavy (non-hydrogen) atoms. The van der Waals surface area contributed by atoms with E-state index in [1.165, 1.54) is 0 Å². The minimum absolute atomic E-state index is 0.0952. The number of aromatic carboxylic acids is 1. The number of amides is 1. The molecule has 0 aliphatic carbocycles. The molecule has 0 unspecified atom stereocenters. The minimum Gasteiger partial charge on any atom is -0.478 e. The van der Waals surface area contributed by atoms with Crippen molar-refractivity contribution < 1.29 is 14.7 Å². The van der Waals surface area contributed by atoms with E-state index in [2.05, 4.69) is 19.2 Å². The lowest BCUT2D eigenvalue weighted by atomic mass is 9.84. The zero-order valence-electron chi connectivity index (χ0n) is 14.4. The molecule has 132 valence electrons. The van der Waals surface area contributed by atoms with Crippen molar-refractivity contribution in [3.05, 3.63) is 70.2 Å². The average molecular weight is 360 g/mol. The van der Waals surface area contributed by atoms with Gasteiger partial charge in [0.15, 0.2) is 0 Å². The Balaban J connectivity index is 1.90. The SMILES string of the molecule is CC(C)(CNC(=O)CCc1ccccc1C(=O)O)c1ccc(Cl)cc1. The van der Waals surface area contributed by atoms with Gasteiger partial charge in [0.25, 0.3) is 0 Å². The second kappa shape index (κ2) is 8.17. The molecular formula is C20H22ClNO3. The molecule has 0 radical (unpaired) electrons. The highest BCUT2D eigenvalue weighted by molar-refractivity contribution is 6.30. The Morgan fingerprint density at radius 3 is 2.36 bits per heavy atom. The molecule has 0 saturated heterocycles. The third kappa shape index (κ3) is 5.33. The zero-order chi connectivity index (χ0) is 18.4. The molecular weight excluding hydrogens is 338 g/mol. The first kappa shape index (κ1) is 19.0. The molecule has 0 aromatic heterocycles. The summed E-state index contributed by atoms with van der Waals surface area (Å²) in [6.07, 6.45) is 0.649. The number of carboxylic acids is 1. The number of halogens is 1. The summed E-state index contributed by atoms with van der Waals surface area (Å²) >= 11 is 5.91. The topological polar surface area (TPSA) is 66.4 Å². The van der Waals surface area contributed by atoms with Gasteiger partial charge in [0.2, 0.25) is 5.91 Å². The highest BCUT2D eigenvalue weighted by Gasteiger charge is 2.21. The van der Waals surface area contributed by atoms with Crippen LogP contribution in [0.2, 0.25) is 5.02 Å². The first-order valence-corrected chi connectivity index (χ1v) is 8.51. The number of carbonyl (C=O) groups is 2. The van der Waals surface area contributed by atoms with Gasteiger partial charge < -0.3 is 10.4 Å². The van der Waals surface area contributed by atoms with Crippen molar-refractivity contribution in [3.63, 3.8) is 0 Å². The quantitative estimate of drug-likeness (QED) is 0.783. The Morgan fingerprint density at radius 2 is 1.72 bits per heavy atom. The number of carboxylic acid groups (broad SMARTS) is 1. The maximum Gasteiger partial charge on any atom is 0.335 e. The first-order valence-electron chi connectivity index (χ1n) is 8.13. The number of hydrogen-bond acceptors (Lipinski definition) is 2. The average Bonchev–Trinajstić information content (AvgIpc) is 2.59. The van der Waals surface area contributed by atoms with E-state index in [1.807, 2.05) is 24.3 Å². The van der Waals surface area contributed by atoms with E-state index in [0.717, 1.165) is 5.56 Å². The largest absolute Gasteiger partial charge is 0.478 e. The van der Waals surface area contributed by atoms with E-state index in [-0.39, 0.29) is 23.3 Å². The highest BCUT2D eigenvalue weighted by atomic mass is 35.5. The van der Waals surface area contributed by atoms with Gasteiger partial charge in [-0.15, -0.1) is 0 Å². The fourth-order valence-electron chi connectivity index (χ4n) is 2.61. The van der Waals surface area contributed by atoms with Crippen LogP contribution in [0.3, 0.4) is 0 Å². The Kier molecular flexibility index (Phi) is 6.21. The summed E-state index contributed by atoms with van der Waals surface area (Å²) in [5, 5.41) is 12.8. The smallest absolute Gasteiger partial charge is 0.335 e. The van der Waals surface area contributed by atoms with Crippen molar-refractivity contribution in [2.24, 2.45) is 0 Å². The van der Waals surface area contributed by atoms with Crippen LogP contribution in [0.5, 0.6) is 0 Å². The van der Waals surface area contributed by atoms with Gasteiger partial charge in [-0.1, -0.05) is 55.8 Å². The van der Waals surface area contributed by atoms with Gasteiger partial charge in [0.05, 0.1) is 5.56 Å².